The molecule has 88 valence electrons. The highest BCUT2D eigenvalue weighted by molar-refractivity contribution is 6.29. The van der Waals surface area contributed by atoms with Crippen molar-refractivity contribution < 1.29 is 14.0 Å². The van der Waals surface area contributed by atoms with Crippen molar-refractivity contribution in [3.8, 4) is 0 Å². The summed E-state index contributed by atoms with van der Waals surface area (Å²) in [5.41, 5.74) is 0. The monoisotopic (exact) mass is 244 g/mol. The van der Waals surface area contributed by atoms with Crippen LogP contribution in [0.2, 0.25) is 5.22 Å². The fourth-order valence-electron chi connectivity index (χ4n) is 1.10. The molecule has 0 unspecified atom stereocenters. The molecule has 1 rings (SSSR count). The van der Waals surface area contributed by atoms with Crippen molar-refractivity contribution in [1.29, 1.82) is 0 Å². The lowest BCUT2D eigenvalue weighted by Gasteiger charge is -2.03. The molecular formula is C10H13ClN2O3. The van der Waals surface area contributed by atoms with E-state index in [2.05, 4.69) is 10.6 Å². The Hall–Kier alpha value is -1.49. The van der Waals surface area contributed by atoms with Gasteiger partial charge in [0, 0.05) is 19.5 Å². The summed E-state index contributed by atoms with van der Waals surface area (Å²) in [6.07, 6.45) is 0.244. The summed E-state index contributed by atoms with van der Waals surface area (Å²) in [6, 6.07) is 2.96. The van der Waals surface area contributed by atoms with Gasteiger partial charge in [-0.3, -0.25) is 9.59 Å². The fourth-order valence-corrected chi connectivity index (χ4v) is 1.24. The maximum Gasteiger partial charge on any atom is 0.287 e. The van der Waals surface area contributed by atoms with Crippen LogP contribution in [0.25, 0.3) is 0 Å². The smallest absolute Gasteiger partial charge is 0.287 e. The van der Waals surface area contributed by atoms with Crippen LogP contribution in [-0.4, -0.2) is 24.9 Å². The number of carbonyl (C=O) groups is 2. The summed E-state index contributed by atoms with van der Waals surface area (Å²) in [7, 11) is 0. The molecular weight excluding hydrogens is 232 g/mol. The average molecular weight is 245 g/mol. The van der Waals surface area contributed by atoms with E-state index < -0.39 is 0 Å². The van der Waals surface area contributed by atoms with Gasteiger partial charge in [0.05, 0.1) is 0 Å². The number of hydrogen-bond donors (Lipinski definition) is 2. The molecule has 0 aliphatic rings. The van der Waals surface area contributed by atoms with Gasteiger partial charge in [0.1, 0.15) is 0 Å². The second-order valence-corrected chi connectivity index (χ2v) is 3.44. The van der Waals surface area contributed by atoms with Crippen LogP contribution >= 0.6 is 11.6 Å². The van der Waals surface area contributed by atoms with Crippen molar-refractivity contribution >= 4 is 23.4 Å². The molecule has 0 aliphatic heterocycles. The number of rotatable bonds is 5. The van der Waals surface area contributed by atoms with Crippen molar-refractivity contribution in [2.75, 3.05) is 13.1 Å². The van der Waals surface area contributed by atoms with E-state index in [9.17, 15) is 9.59 Å². The Morgan fingerprint density at radius 3 is 2.69 bits per heavy atom. The largest absolute Gasteiger partial charge is 0.440 e. The molecule has 0 bridgehead atoms. The normalized spacial score (nSPS) is 9.88. The molecule has 0 fully saturated rings. The number of halogens is 1. The highest BCUT2D eigenvalue weighted by atomic mass is 35.5. The molecule has 2 amide bonds. The number of nitrogens with one attached hydrogen (secondary N) is 2. The average Bonchev–Trinajstić information content (AvgIpc) is 2.65. The number of amides is 2. The molecule has 16 heavy (non-hydrogen) atoms. The summed E-state index contributed by atoms with van der Waals surface area (Å²) < 4.78 is 4.90. The van der Waals surface area contributed by atoms with Crippen LogP contribution in [0.15, 0.2) is 16.5 Å². The molecule has 0 saturated heterocycles. The minimum atomic E-state index is -0.379. The molecule has 0 spiro atoms. The van der Waals surface area contributed by atoms with Crippen molar-refractivity contribution in [1.82, 2.24) is 10.6 Å². The highest BCUT2D eigenvalue weighted by Crippen LogP contribution is 2.12. The van der Waals surface area contributed by atoms with Crippen LogP contribution in [0.3, 0.4) is 0 Å². The van der Waals surface area contributed by atoms with Gasteiger partial charge in [-0.2, -0.15) is 0 Å². The van der Waals surface area contributed by atoms with Gasteiger partial charge in [-0.05, 0) is 30.7 Å². The molecule has 1 heterocycles. The second kappa shape index (κ2) is 6.17. The van der Waals surface area contributed by atoms with Crippen LogP contribution in [0.4, 0.5) is 0 Å². The molecule has 1 aromatic heterocycles. The first kappa shape index (κ1) is 12.6. The van der Waals surface area contributed by atoms with Crippen molar-refractivity contribution in [2.24, 2.45) is 0 Å². The Labute approximate surface area is 98.1 Å². The minimum absolute atomic E-state index is 0.0970. The molecule has 0 atom stereocenters. The summed E-state index contributed by atoms with van der Waals surface area (Å²) in [6.45, 7) is 2.69. The highest BCUT2D eigenvalue weighted by Gasteiger charge is 2.10. The fraction of sp³-hybridized carbons (Fsp3) is 0.400. The van der Waals surface area contributed by atoms with E-state index >= 15 is 0 Å². The molecule has 0 aliphatic carbocycles. The van der Waals surface area contributed by atoms with Crippen LogP contribution in [0.1, 0.15) is 23.9 Å². The van der Waals surface area contributed by atoms with E-state index in [1.54, 1.807) is 0 Å². The molecule has 0 saturated carbocycles. The third-order valence-corrected chi connectivity index (χ3v) is 2.01. The van der Waals surface area contributed by atoms with Crippen molar-refractivity contribution in [3.05, 3.63) is 23.1 Å². The number of hydrogen-bond acceptors (Lipinski definition) is 3. The van der Waals surface area contributed by atoms with E-state index in [0.29, 0.717) is 6.54 Å². The predicted molar refractivity (Wildman–Crippen MR) is 59.4 cm³/mol. The van der Waals surface area contributed by atoms with E-state index in [1.165, 1.54) is 12.1 Å². The Bertz CT molecular complexity index is 376. The first-order valence-corrected chi connectivity index (χ1v) is 5.31. The zero-order valence-electron chi connectivity index (χ0n) is 8.88. The Morgan fingerprint density at radius 2 is 2.12 bits per heavy atom. The third-order valence-electron chi connectivity index (χ3n) is 1.81. The summed E-state index contributed by atoms with van der Waals surface area (Å²) in [5, 5.41) is 5.34. The van der Waals surface area contributed by atoms with Gasteiger partial charge in [0.15, 0.2) is 11.0 Å². The lowest BCUT2D eigenvalue weighted by molar-refractivity contribution is -0.120. The Balaban J connectivity index is 2.28. The standard InChI is InChI=1S/C10H13ClN2O3/c1-2-12-9(14)5-6-13-10(15)7-3-4-8(11)16-7/h3-4H,2,5-6H2,1H3,(H,12,14)(H,13,15). The summed E-state index contributed by atoms with van der Waals surface area (Å²) >= 11 is 5.52. The SMILES string of the molecule is CCNC(=O)CCNC(=O)c1ccc(Cl)o1. The van der Waals surface area contributed by atoms with Gasteiger partial charge in [-0.15, -0.1) is 0 Å². The van der Waals surface area contributed by atoms with Crippen molar-refractivity contribution in [2.45, 2.75) is 13.3 Å². The lowest BCUT2D eigenvalue weighted by Crippen LogP contribution is -2.30. The molecule has 1 aromatic rings. The zero-order chi connectivity index (χ0) is 12.0. The predicted octanol–water partition coefficient (Wildman–Crippen LogP) is 1.19. The van der Waals surface area contributed by atoms with Crippen LogP contribution < -0.4 is 10.6 Å². The van der Waals surface area contributed by atoms with Gasteiger partial charge in [0.25, 0.3) is 5.91 Å². The zero-order valence-corrected chi connectivity index (χ0v) is 9.63. The molecule has 6 heteroatoms. The quantitative estimate of drug-likeness (QED) is 0.817. The van der Waals surface area contributed by atoms with Gasteiger partial charge < -0.3 is 15.1 Å². The lowest BCUT2D eigenvalue weighted by atomic mass is 10.3. The van der Waals surface area contributed by atoms with Gasteiger partial charge in [0.2, 0.25) is 5.91 Å². The molecule has 2 N–H and O–H groups in total. The Morgan fingerprint density at radius 1 is 1.38 bits per heavy atom. The molecule has 5 nitrogen and oxygen atoms in total. The first-order valence-electron chi connectivity index (χ1n) is 4.93. The second-order valence-electron chi connectivity index (χ2n) is 3.06. The molecule has 0 aromatic carbocycles. The Kier molecular flexibility index (Phi) is 4.85. The first-order chi connectivity index (χ1) is 7.63. The van der Waals surface area contributed by atoms with E-state index in [1.807, 2.05) is 6.92 Å². The summed E-state index contributed by atoms with van der Waals surface area (Å²) in [4.78, 5) is 22.5. The minimum Gasteiger partial charge on any atom is -0.440 e. The third kappa shape index (κ3) is 3.94. The molecule has 0 radical (unpaired) electrons. The number of furan rings is 1. The maximum atomic E-state index is 11.4. The topological polar surface area (TPSA) is 71.3 Å². The number of carbonyl (C=O) groups excluding carboxylic acids is 2. The van der Waals surface area contributed by atoms with E-state index in [4.69, 9.17) is 16.0 Å². The van der Waals surface area contributed by atoms with Crippen LogP contribution in [-0.2, 0) is 4.79 Å². The van der Waals surface area contributed by atoms with Crippen LogP contribution in [0.5, 0.6) is 0 Å². The summed E-state index contributed by atoms with van der Waals surface area (Å²) in [5.74, 6) is -0.336. The van der Waals surface area contributed by atoms with E-state index in [0.717, 1.165) is 0 Å². The van der Waals surface area contributed by atoms with E-state index in [-0.39, 0.29) is 35.8 Å². The van der Waals surface area contributed by atoms with Crippen LogP contribution in [0, 0.1) is 0 Å². The van der Waals surface area contributed by atoms with Gasteiger partial charge >= 0.3 is 0 Å². The van der Waals surface area contributed by atoms with Gasteiger partial charge in [-0.25, -0.2) is 0 Å². The van der Waals surface area contributed by atoms with Gasteiger partial charge in [-0.1, -0.05) is 0 Å². The van der Waals surface area contributed by atoms with Crippen molar-refractivity contribution in [3.63, 3.8) is 0 Å². The maximum absolute atomic E-state index is 11.4.